The van der Waals surface area contributed by atoms with E-state index in [2.05, 4.69) is 12.1 Å². The highest BCUT2D eigenvalue weighted by atomic mass is 16.5. The molecular formula is C19H20N2O3. The summed E-state index contributed by atoms with van der Waals surface area (Å²) >= 11 is 0. The first-order valence-electron chi connectivity index (χ1n) is 7.91. The van der Waals surface area contributed by atoms with E-state index >= 15 is 0 Å². The summed E-state index contributed by atoms with van der Waals surface area (Å²) in [5.41, 5.74) is 7.43. The Kier molecular flexibility index (Phi) is 4.51. The van der Waals surface area contributed by atoms with Gasteiger partial charge < -0.3 is 15.4 Å². The number of hydrogen-bond acceptors (Lipinski definition) is 3. The molecule has 0 bridgehead atoms. The highest BCUT2D eigenvalue weighted by Crippen LogP contribution is 2.29. The van der Waals surface area contributed by atoms with Gasteiger partial charge in [0.1, 0.15) is 5.75 Å². The van der Waals surface area contributed by atoms with Crippen LogP contribution in [0.5, 0.6) is 5.75 Å². The molecule has 1 saturated heterocycles. The molecule has 1 atom stereocenters. The summed E-state index contributed by atoms with van der Waals surface area (Å²) in [6, 6.07) is 14.5. The van der Waals surface area contributed by atoms with E-state index in [1.54, 1.807) is 31.4 Å². The van der Waals surface area contributed by atoms with Crippen LogP contribution in [0, 0.1) is 0 Å². The lowest BCUT2D eigenvalue weighted by atomic mass is 9.98. The number of amides is 2. The zero-order chi connectivity index (χ0) is 17.1. The van der Waals surface area contributed by atoms with Gasteiger partial charge in [0.2, 0.25) is 5.91 Å². The lowest BCUT2D eigenvalue weighted by molar-refractivity contribution is 0.0790. The molecule has 3 rings (SSSR count). The van der Waals surface area contributed by atoms with E-state index in [0.29, 0.717) is 23.6 Å². The van der Waals surface area contributed by atoms with Gasteiger partial charge in [0.15, 0.2) is 0 Å². The van der Waals surface area contributed by atoms with E-state index in [4.69, 9.17) is 10.5 Å². The van der Waals surface area contributed by atoms with E-state index < -0.39 is 5.91 Å². The van der Waals surface area contributed by atoms with Crippen LogP contribution in [-0.4, -0.2) is 36.9 Å². The molecule has 0 aromatic heterocycles. The third-order valence-corrected chi connectivity index (χ3v) is 4.48. The minimum absolute atomic E-state index is 0.0120. The van der Waals surface area contributed by atoms with Crippen molar-refractivity contribution in [1.82, 2.24) is 4.90 Å². The number of rotatable bonds is 4. The predicted molar refractivity (Wildman–Crippen MR) is 91.2 cm³/mol. The number of hydrogen-bond donors (Lipinski definition) is 1. The van der Waals surface area contributed by atoms with E-state index in [-0.39, 0.29) is 5.91 Å². The molecule has 2 amide bonds. The third-order valence-electron chi connectivity index (χ3n) is 4.48. The van der Waals surface area contributed by atoms with Gasteiger partial charge in [-0.05, 0) is 48.4 Å². The van der Waals surface area contributed by atoms with Gasteiger partial charge >= 0.3 is 0 Å². The molecule has 2 aromatic carbocycles. The van der Waals surface area contributed by atoms with Crippen LogP contribution in [-0.2, 0) is 0 Å². The number of carbonyl (C=O) groups excluding carboxylic acids is 2. The molecule has 0 aliphatic carbocycles. The van der Waals surface area contributed by atoms with Crippen molar-refractivity contribution >= 4 is 11.8 Å². The molecule has 0 radical (unpaired) electrons. The maximum absolute atomic E-state index is 12.6. The number of benzene rings is 2. The van der Waals surface area contributed by atoms with E-state index in [1.807, 2.05) is 17.0 Å². The van der Waals surface area contributed by atoms with Crippen LogP contribution >= 0.6 is 0 Å². The van der Waals surface area contributed by atoms with Crippen molar-refractivity contribution in [3.05, 3.63) is 65.2 Å². The van der Waals surface area contributed by atoms with E-state index in [9.17, 15) is 9.59 Å². The Labute approximate surface area is 141 Å². The maximum Gasteiger partial charge on any atom is 0.253 e. The average Bonchev–Trinajstić information content (AvgIpc) is 3.11. The number of ether oxygens (including phenoxy) is 1. The maximum atomic E-state index is 12.6. The number of carbonyl (C=O) groups is 2. The molecule has 1 aliphatic rings. The predicted octanol–water partition coefficient (Wildman–Crippen LogP) is 2.42. The fourth-order valence-corrected chi connectivity index (χ4v) is 3.05. The third kappa shape index (κ3) is 3.25. The molecule has 1 fully saturated rings. The topological polar surface area (TPSA) is 72.6 Å². The summed E-state index contributed by atoms with van der Waals surface area (Å²) in [6.07, 6.45) is 0.942. The lowest BCUT2D eigenvalue weighted by Gasteiger charge is -2.17. The molecule has 2 aromatic rings. The number of likely N-dealkylation sites (tertiary alicyclic amines) is 1. The second-order valence-corrected chi connectivity index (χ2v) is 5.95. The molecule has 0 spiro atoms. The number of nitrogens with zero attached hydrogens (tertiary/aromatic N) is 1. The monoisotopic (exact) mass is 324 g/mol. The lowest BCUT2D eigenvalue weighted by Crippen LogP contribution is -2.28. The Balaban J connectivity index is 1.67. The Morgan fingerprint density at radius 2 is 1.67 bits per heavy atom. The van der Waals surface area contributed by atoms with Gasteiger partial charge in [0, 0.05) is 30.1 Å². The van der Waals surface area contributed by atoms with Crippen LogP contribution in [0.15, 0.2) is 48.5 Å². The van der Waals surface area contributed by atoms with Crippen LogP contribution in [0.2, 0.25) is 0 Å². The first-order chi connectivity index (χ1) is 11.6. The van der Waals surface area contributed by atoms with Crippen molar-refractivity contribution < 1.29 is 14.3 Å². The van der Waals surface area contributed by atoms with Crippen LogP contribution in [0.25, 0.3) is 0 Å². The van der Waals surface area contributed by atoms with Crippen LogP contribution < -0.4 is 10.5 Å². The molecular weight excluding hydrogens is 304 g/mol. The molecule has 1 unspecified atom stereocenters. The molecule has 124 valence electrons. The molecule has 0 saturated carbocycles. The highest BCUT2D eigenvalue weighted by Gasteiger charge is 2.28. The van der Waals surface area contributed by atoms with Gasteiger partial charge in [0.25, 0.3) is 5.91 Å². The Bertz CT molecular complexity index is 738. The largest absolute Gasteiger partial charge is 0.497 e. The minimum Gasteiger partial charge on any atom is -0.497 e. The SMILES string of the molecule is COc1ccc(C2CCN(C(=O)c3ccc(C(N)=O)cc3)C2)cc1. The zero-order valence-corrected chi connectivity index (χ0v) is 13.6. The van der Waals surface area contributed by atoms with Gasteiger partial charge in [-0.2, -0.15) is 0 Å². The first-order valence-corrected chi connectivity index (χ1v) is 7.91. The molecule has 24 heavy (non-hydrogen) atoms. The first kappa shape index (κ1) is 16.1. The van der Waals surface area contributed by atoms with Crippen LogP contribution in [0.4, 0.5) is 0 Å². The van der Waals surface area contributed by atoms with Gasteiger partial charge in [-0.15, -0.1) is 0 Å². The summed E-state index contributed by atoms with van der Waals surface area (Å²) in [5, 5.41) is 0. The van der Waals surface area contributed by atoms with E-state index in [0.717, 1.165) is 18.7 Å². The zero-order valence-electron chi connectivity index (χ0n) is 13.6. The van der Waals surface area contributed by atoms with Crippen molar-refractivity contribution in [2.45, 2.75) is 12.3 Å². The van der Waals surface area contributed by atoms with Gasteiger partial charge in [-0.25, -0.2) is 0 Å². The van der Waals surface area contributed by atoms with E-state index in [1.165, 1.54) is 5.56 Å². The van der Waals surface area contributed by atoms with Crippen LogP contribution in [0.1, 0.15) is 38.6 Å². The number of nitrogens with two attached hydrogens (primary N) is 1. The Hall–Kier alpha value is -2.82. The highest BCUT2D eigenvalue weighted by molar-refractivity contribution is 5.97. The van der Waals surface area contributed by atoms with Gasteiger partial charge in [0.05, 0.1) is 7.11 Å². The summed E-state index contributed by atoms with van der Waals surface area (Å²) < 4.78 is 5.18. The molecule has 5 nitrogen and oxygen atoms in total. The average molecular weight is 324 g/mol. The van der Waals surface area contributed by atoms with Crippen molar-refractivity contribution in [2.75, 3.05) is 20.2 Å². The van der Waals surface area contributed by atoms with Crippen molar-refractivity contribution in [3.63, 3.8) is 0 Å². The normalized spacial score (nSPS) is 16.9. The van der Waals surface area contributed by atoms with Crippen LogP contribution in [0.3, 0.4) is 0 Å². The quantitative estimate of drug-likeness (QED) is 0.939. The second-order valence-electron chi connectivity index (χ2n) is 5.95. The summed E-state index contributed by atoms with van der Waals surface area (Å²) in [5.74, 6) is 0.667. The van der Waals surface area contributed by atoms with Crippen molar-refractivity contribution in [2.24, 2.45) is 5.73 Å². The van der Waals surface area contributed by atoms with Gasteiger partial charge in [-0.1, -0.05) is 12.1 Å². The molecule has 1 aliphatic heterocycles. The fraction of sp³-hybridized carbons (Fsp3) is 0.263. The second kappa shape index (κ2) is 6.74. The van der Waals surface area contributed by atoms with Gasteiger partial charge in [-0.3, -0.25) is 9.59 Å². The molecule has 2 N–H and O–H groups in total. The van der Waals surface area contributed by atoms with Crippen molar-refractivity contribution in [1.29, 1.82) is 0 Å². The Morgan fingerprint density at radius 1 is 1.04 bits per heavy atom. The molecule has 1 heterocycles. The van der Waals surface area contributed by atoms with Crippen molar-refractivity contribution in [3.8, 4) is 5.75 Å². The molecule has 5 heteroatoms. The Morgan fingerprint density at radius 3 is 2.25 bits per heavy atom. The summed E-state index contributed by atoms with van der Waals surface area (Å²) in [4.78, 5) is 25.6. The summed E-state index contributed by atoms with van der Waals surface area (Å²) in [7, 11) is 1.65. The summed E-state index contributed by atoms with van der Waals surface area (Å²) in [6.45, 7) is 1.43. The minimum atomic E-state index is -0.491. The standard InChI is InChI=1S/C19H20N2O3/c1-24-17-8-6-13(7-9-17)16-10-11-21(12-16)19(23)15-4-2-14(3-5-15)18(20)22/h2-9,16H,10-12H2,1H3,(H2,20,22). The number of methoxy groups -OCH3 is 1. The fourth-order valence-electron chi connectivity index (χ4n) is 3.05. The smallest absolute Gasteiger partial charge is 0.253 e. The number of primary amides is 1.